The summed E-state index contributed by atoms with van der Waals surface area (Å²) in [6.07, 6.45) is -1.01. The summed E-state index contributed by atoms with van der Waals surface area (Å²) in [5, 5.41) is 4.91. The summed E-state index contributed by atoms with van der Waals surface area (Å²) in [4.78, 5) is 36.3. The molecular formula is C18H19F3N2O4S. The molecule has 1 aliphatic heterocycles. The Bertz CT molecular complexity index is 778. The van der Waals surface area contributed by atoms with Gasteiger partial charge in [0.05, 0.1) is 10.3 Å². The SMILES string of the molecule is O=C(COC(=O)C1CSC2(CCCC2)C(=O)N1)Nc1cccc(C(F)(F)F)c1. The van der Waals surface area contributed by atoms with E-state index in [1.807, 2.05) is 0 Å². The van der Waals surface area contributed by atoms with Crippen molar-refractivity contribution in [1.29, 1.82) is 0 Å². The third-order valence-electron chi connectivity index (χ3n) is 4.76. The van der Waals surface area contributed by atoms with Crippen molar-refractivity contribution < 1.29 is 32.3 Å². The summed E-state index contributed by atoms with van der Waals surface area (Å²) in [5.74, 6) is -1.33. The molecule has 1 aromatic carbocycles. The molecule has 0 aromatic heterocycles. The van der Waals surface area contributed by atoms with Crippen LogP contribution in [0.15, 0.2) is 24.3 Å². The molecule has 1 heterocycles. The number of hydrogen-bond donors (Lipinski definition) is 2. The van der Waals surface area contributed by atoms with Crippen molar-refractivity contribution in [3.05, 3.63) is 29.8 Å². The van der Waals surface area contributed by atoms with Crippen LogP contribution < -0.4 is 10.6 Å². The number of thioether (sulfide) groups is 1. The van der Waals surface area contributed by atoms with Gasteiger partial charge in [-0.2, -0.15) is 13.2 Å². The van der Waals surface area contributed by atoms with Gasteiger partial charge < -0.3 is 15.4 Å². The fraction of sp³-hybridized carbons (Fsp3) is 0.500. The molecule has 0 radical (unpaired) electrons. The van der Waals surface area contributed by atoms with Crippen LogP contribution in [0.25, 0.3) is 0 Å². The first-order chi connectivity index (χ1) is 13.2. The van der Waals surface area contributed by atoms with E-state index in [9.17, 15) is 27.6 Å². The Morgan fingerprint density at radius 2 is 2.00 bits per heavy atom. The van der Waals surface area contributed by atoms with Gasteiger partial charge in [-0.25, -0.2) is 4.79 Å². The number of carbonyl (C=O) groups is 3. The normalized spacial score (nSPS) is 21.2. The van der Waals surface area contributed by atoms with Gasteiger partial charge in [0.25, 0.3) is 5.91 Å². The maximum Gasteiger partial charge on any atom is 0.416 e. The first kappa shape index (κ1) is 20.5. The Hall–Kier alpha value is -2.23. The highest BCUT2D eigenvalue weighted by atomic mass is 32.2. The fourth-order valence-electron chi connectivity index (χ4n) is 3.29. The topological polar surface area (TPSA) is 84.5 Å². The van der Waals surface area contributed by atoms with Gasteiger partial charge in [0.1, 0.15) is 6.04 Å². The van der Waals surface area contributed by atoms with Gasteiger partial charge in [0.15, 0.2) is 6.61 Å². The van der Waals surface area contributed by atoms with Crippen LogP contribution >= 0.6 is 11.8 Å². The van der Waals surface area contributed by atoms with E-state index in [1.54, 1.807) is 0 Å². The maximum absolute atomic E-state index is 12.7. The minimum atomic E-state index is -4.53. The van der Waals surface area contributed by atoms with Gasteiger partial charge in [-0.1, -0.05) is 18.9 Å². The van der Waals surface area contributed by atoms with Crippen molar-refractivity contribution in [2.45, 2.75) is 42.6 Å². The number of alkyl halides is 3. The molecule has 6 nitrogen and oxygen atoms in total. The van der Waals surface area contributed by atoms with E-state index in [-0.39, 0.29) is 11.6 Å². The molecule has 2 amide bonds. The summed E-state index contributed by atoms with van der Waals surface area (Å²) >= 11 is 1.44. The van der Waals surface area contributed by atoms with Gasteiger partial charge in [-0.3, -0.25) is 9.59 Å². The Balaban J connectivity index is 1.48. The third-order valence-corrected chi connectivity index (χ3v) is 6.41. The zero-order valence-electron chi connectivity index (χ0n) is 14.8. The molecule has 1 unspecified atom stereocenters. The van der Waals surface area contributed by atoms with E-state index in [0.717, 1.165) is 43.9 Å². The monoisotopic (exact) mass is 416 g/mol. The van der Waals surface area contributed by atoms with E-state index in [0.29, 0.717) is 5.75 Å². The molecule has 1 saturated heterocycles. The van der Waals surface area contributed by atoms with Gasteiger partial charge in [0, 0.05) is 11.4 Å². The Morgan fingerprint density at radius 1 is 1.29 bits per heavy atom. The molecule has 1 spiro atoms. The number of nitrogens with one attached hydrogen (secondary N) is 2. The molecule has 2 N–H and O–H groups in total. The van der Waals surface area contributed by atoms with Crippen LogP contribution in [0.4, 0.5) is 18.9 Å². The molecule has 2 fully saturated rings. The molecule has 1 saturated carbocycles. The predicted octanol–water partition coefficient (Wildman–Crippen LogP) is 2.73. The minimum absolute atomic E-state index is 0.0550. The second-order valence-electron chi connectivity index (χ2n) is 6.77. The van der Waals surface area contributed by atoms with Crippen molar-refractivity contribution in [3.8, 4) is 0 Å². The molecule has 10 heteroatoms. The lowest BCUT2D eigenvalue weighted by Crippen LogP contribution is -2.56. The summed E-state index contributed by atoms with van der Waals surface area (Å²) in [6.45, 7) is -0.655. The molecule has 1 atom stereocenters. The van der Waals surface area contributed by atoms with Gasteiger partial charge in [0.2, 0.25) is 5.91 Å². The Morgan fingerprint density at radius 3 is 2.64 bits per heavy atom. The van der Waals surface area contributed by atoms with E-state index < -0.39 is 41.0 Å². The van der Waals surface area contributed by atoms with Crippen molar-refractivity contribution >= 4 is 35.2 Å². The predicted molar refractivity (Wildman–Crippen MR) is 96.6 cm³/mol. The van der Waals surface area contributed by atoms with Crippen LogP contribution in [-0.2, 0) is 25.3 Å². The molecule has 2 aliphatic rings. The second kappa shape index (κ2) is 8.02. The number of rotatable bonds is 4. The maximum atomic E-state index is 12.7. The Labute approximate surface area is 163 Å². The summed E-state index contributed by atoms with van der Waals surface area (Å²) in [5.41, 5.74) is -0.953. The highest BCUT2D eigenvalue weighted by molar-refractivity contribution is 8.01. The number of anilines is 1. The number of amides is 2. The number of hydrogen-bond acceptors (Lipinski definition) is 5. The van der Waals surface area contributed by atoms with E-state index >= 15 is 0 Å². The van der Waals surface area contributed by atoms with Crippen molar-refractivity contribution in [3.63, 3.8) is 0 Å². The van der Waals surface area contributed by atoms with Crippen molar-refractivity contribution in [2.24, 2.45) is 0 Å². The number of carbonyl (C=O) groups excluding carboxylic acids is 3. The first-order valence-electron chi connectivity index (χ1n) is 8.78. The van der Waals surface area contributed by atoms with E-state index in [1.165, 1.54) is 17.8 Å². The summed E-state index contributed by atoms with van der Waals surface area (Å²) < 4.78 is 42.5. The molecule has 28 heavy (non-hydrogen) atoms. The van der Waals surface area contributed by atoms with Crippen LogP contribution in [0.5, 0.6) is 0 Å². The molecule has 3 rings (SSSR count). The van der Waals surface area contributed by atoms with Gasteiger partial charge in [-0.15, -0.1) is 11.8 Å². The lowest BCUT2D eigenvalue weighted by molar-refractivity contribution is -0.150. The van der Waals surface area contributed by atoms with Crippen LogP contribution in [0, 0.1) is 0 Å². The Kier molecular flexibility index (Phi) is 5.87. The second-order valence-corrected chi connectivity index (χ2v) is 8.18. The number of benzene rings is 1. The summed E-state index contributed by atoms with van der Waals surface area (Å²) in [7, 11) is 0. The lowest BCUT2D eigenvalue weighted by Gasteiger charge is -2.35. The largest absolute Gasteiger partial charge is 0.454 e. The highest BCUT2D eigenvalue weighted by Crippen LogP contribution is 2.44. The van der Waals surface area contributed by atoms with Crippen LogP contribution in [0.2, 0.25) is 0 Å². The molecular weight excluding hydrogens is 397 g/mol. The smallest absolute Gasteiger partial charge is 0.416 e. The quantitative estimate of drug-likeness (QED) is 0.738. The zero-order valence-corrected chi connectivity index (χ0v) is 15.6. The van der Waals surface area contributed by atoms with Crippen molar-refractivity contribution in [2.75, 3.05) is 17.7 Å². The average Bonchev–Trinajstić information content (AvgIpc) is 3.11. The van der Waals surface area contributed by atoms with Gasteiger partial charge >= 0.3 is 12.1 Å². The van der Waals surface area contributed by atoms with Crippen molar-refractivity contribution in [1.82, 2.24) is 5.32 Å². The van der Waals surface area contributed by atoms with E-state index in [2.05, 4.69) is 10.6 Å². The summed E-state index contributed by atoms with van der Waals surface area (Å²) in [6, 6.07) is 3.30. The molecule has 0 bridgehead atoms. The van der Waals surface area contributed by atoms with Gasteiger partial charge in [-0.05, 0) is 31.0 Å². The third kappa shape index (κ3) is 4.60. The number of halogens is 3. The highest BCUT2D eigenvalue weighted by Gasteiger charge is 2.47. The number of esters is 1. The van der Waals surface area contributed by atoms with Crippen LogP contribution in [-0.4, -0.2) is 40.9 Å². The molecule has 1 aliphatic carbocycles. The van der Waals surface area contributed by atoms with Crippen LogP contribution in [0.3, 0.4) is 0 Å². The van der Waals surface area contributed by atoms with Crippen LogP contribution in [0.1, 0.15) is 31.2 Å². The average molecular weight is 416 g/mol. The number of ether oxygens (including phenoxy) is 1. The lowest BCUT2D eigenvalue weighted by atomic mass is 10.1. The minimum Gasteiger partial charge on any atom is -0.454 e. The first-order valence-corrected chi connectivity index (χ1v) is 9.77. The zero-order chi connectivity index (χ0) is 20.4. The standard InChI is InChI=1S/C18H19F3N2O4S/c19-18(20,21)11-4-3-5-12(8-11)22-14(24)9-27-15(25)13-10-28-17(16(26)23-13)6-1-2-7-17/h3-5,8,13H,1-2,6-7,9-10H2,(H,22,24)(H,23,26). The fourth-order valence-corrected chi connectivity index (χ4v) is 4.76. The van der Waals surface area contributed by atoms with E-state index in [4.69, 9.17) is 4.74 Å². The molecule has 1 aromatic rings. The molecule has 152 valence electrons.